The van der Waals surface area contributed by atoms with E-state index in [1.54, 1.807) is 36.4 Å². The van der Waals surface area contributed by atoms with Crippen molar-refractivity contribution in [3.8, 4) is 11.8 Å². The lowest BCUT2D eigenvalue weighted by molar-refractivity contribution is -0.112. The first-order chi connectivity index (χ1) is 15.9. The molecule has 3 aromatic rings. The molecule has 0 aromatic heterocycles. The van der Waals surface area contributed by atoms with Crippen LogP contribution in [0.15, 0.2) is 78.4 Å². The van der Waals surface area contributed by atoms with Gasteiger partial charge >= 0.3 is 11.9 Å². The average Bonchev–Trinajstić information content (AvgIpc) is 2.82. The highest BCUT2D eigenvalue weighted by molar-refractivity contribution is 6.10. The number of carbonyl (C=O) groups is 3. The van der Waals surface area contributed by atoms with Gasteiger partial charge in [-0.15, -0.1) is 0 Å². The second kappa shape index (κ2) is 10.4. The highest BCUT2D eigenvalue weighted by Crippen LogP contribution is 2.18. The largest absolute Gasteiger partial charge is 0.489 e. The van der Waals surface area contributed by atoms with Crippen LogP contribution in [0, 0.1) is 11.3 Å². The van der Waals surface area contributed by atoms with Crippen molar-refractivity contribution in [1.29, 1.82) is 5.26 Å². The average molecular weight is 442 g/mol. The summed E-state index contributed by atoms with van der Waals surface area (Å²) in [6.07, 6.45) is 1.41. The highest BCUT2D eigenvalue weighted by atomic mass is 16.5. The third-order valence-corrected chi connectivity index (χ3v) is 4.53. The minimum absolute atomic E-state index is 0.0173. The third-order valence-electron chi connectivity index (χ3n) is 4.53. The molecular formula is C25H18N2O6. The maximum atomic E-state index is 12.4. The number of carboxylic acids is 2. The topological polar surface area (TPSA) is 137 Å². The molecule has 0 aliphatic carbocycles. The van der Waals surface area contributed by atoms with Crippen molar-refractivity contribution >= 4 is 29.6 Å². The number of benzene rings is 3. The summed E-state index contributed by atoms with van der Waals surface area (Å²) >= 11 is 0. The number of nitrogens with one attached hydrogen (secondary N) is 1. The van der Waals surface area contributed by atoms with Crippen LogP contribution in [0.1, 0.15) is 31.8 Å². The minimum atomic E-state index is -1.12. The fraction of sp³-hybridized carbons (Fsp3) is 0.0400. The number of rotatable bonds is 8. The summed E-state index contributed by atoms with van der Waals surface area (Å²) in [5.74, 6) is -2.22. The van der Waals surface area contributed by atoms with Gasteiger partial charge in [0.1, 0.15) is 24.0 Å². The van der Waals surface area contributed by atoms with Crippen molar-refractivity contribution < 1.29 is 29.3 Å². The van der Waals surface area contributed by atoms with Gasteiger partial charge in [-0.05, 0) is 59.7 Å². The molecule has 0 fully saturated rings. The van der Waals surface area contributed by atoms with Crippen molar-refractivity contribution in [2.45, 2.75) is 6.61 Å². The summed E-state index contributed by atoms with van der Waals surface area (Å²) in [6.45, 7) is 0.246. The number of anilines is 1. The number of hydrogen-bond acceptors (Lipinski definition) is 5. The third kappa shape index (κ3) is 6.29. The molecule has 0 aliphatic heterocycles. The predicted molar refractivity (Wildman–Crippen MR) is 120 cm³/mol. The second-order valence-electron chi connectivity index (χ2n) is 6.87. The molecule has 0 bridgehead atoms. The first-order valence-corrected chi connectivity index (χ1v) is 9.67. The van der Waals surface area contributed by atoms with Crippen molar-refractivity contribution in [2.24, 2.45) is 0 Å². The molecule has 0 atom stereocenters. The van der Waals surface area contributed by atoms with E-state index in [0.717, 1.165) is 5.56 Å². The van der Waals surface area contributed by atoms with E-state index >= 15 is 0 Å². The van der Waals surface area contributed by atoms with Gasteiger partial charge < -0.3 is 20.3 Å². The Morgan fingerprint density at radius 3 is 2.18 bits per heavy atom. The molecule has 3 rings (SSSR count). The molecule has 0 spiro atoms. The molecule has 0 saturated heterocycles. The van der Waals surface area contributed by atoms with Gasteiger partial charge in [-0.3, -0.25) is 4.79 Å². The second-order valence-corrected chi connectivity index (χ2v) is 6.87. The number of hydrogen-bond donors (Lipinski definition) is 3. The number of amides is 1. The Kier molecular flexibility index (Phi) is 7.19. The monoisotopic (exact) mass is 442 g/mol. The van der Waals surface area contributed by atoms with Crippen molar-refractivity contribution in [3.05, 3.63) is 101 Å². The Morgan fingerprint density at radius 2 is 1.58 bits per heavy atom. The van der Waals surface area contributed by atoms with E-state index in [-0.39, 0.29) is 29.0 Å². The summed E-state index contributed by atoms with van der Waals surface area (Å²) in [4.78, 5) is 34.4. The van der Waals surface area contributed by atoms with E-state index in [2.05, 4.69) is 5.32 Å². The van der Waals surface area contributed by atoms with Crippen LogP contribution in [0.2, 0.25) is 0 Å². The summed E-state index contributed by atoms with van der Waals surface area (Å²) < 4.78 is 5.68. The Labute approximate surface area is 189 Å². The Hall–Kier alpha value is -4.90. The Bertz CT molecular complexity index is 1260. The van der Waals surface area contributed by atoms with Crippen LogP contribution in [0.4, 0.5) is 5.69 Å². The number of carbonyl (C=O) groups excluding carboxylic acids is 1. The summed E-state index contributed by atoms with van der Waals surface area (Å²) in [7, 11) is 0. The van der Waals surface area contributed by atoms with Crippen LogP contribution in [0.25, 0.3) is 6.08 Å². The van der Waals surface area contributed by atoms with Crippen LogP contribution in [0.5, 0.6) is 5.75 Å². The summed E-state index contributed by atoms with van der Waals surface area (Å²) in [5.41, 5.74) is 1.73. The van der Waals surface area contributed by atoms with Gasteiger partial charge in [0.05, 0.1) is 11.1 Å². The standard InChI is InChI=1S/C25H18N2O6/c26-14-20(23(28)27-21-3-1-2-19(13-21)25(31)32)12-16-6-10-22(11-7-16)33-15-17-4-8-18(9-5-17)24(29)30/h1-13H,15H2,(H,27,28)(H,29,30)(H,31,32)/b20-12-. The van der Waals surface area contributed by atoms with Crippen LogP contribution >= 0.6 is 0 Å². The minimum Gasteiger partial charge on any atom is -0.489 e. The molecule has 0 saturated carbocycles. The van der Waals surface area contributed by atoms with E-state index in [1.807, 2.05) is 6.07 Å². The SMILES string of the molecule is N#C/C(=C/c1ccc(OCc2ccc(C(=O)O)cc2)cc1)C(=O)Nc1cccc(C(=O)O)c1. The highest BCUT2D eigenvalue weighted by Gasteiger charge is 2.11. The van der Waals surface area contributed by atoms with Crippen LogP contribution in [-0.2, 0) is 11.4 Å². The van der Waals surface area contributed by atoms with Crippen molar-refractivity contribution in [3.63, 3.8) is 0 Å². The Morgan fingerprint density at radius 1 is 0.909 bits per heavy atom. The van der Waals surface area contributed by atoms with E-state index in [1.165, 1.54) is 42.5 Å². The summed E-state index contributed by atoms with van der Waals surface area (Å²) in [6, 6.07) is 20.6. The smallest absolute Gasteiger partial charge is 0.335 e. The van der Waals surface area contributed by atoms with Crippen LogP contribution < -0.4 is 10.1 Å². The fourth-order valence-corrected chi connectivity index (χ4v) is 2.81. The van der Waals surface area contributed by atoms with E-state index < -0.39 is 17.8 Å². The van der Waals surface area contributed by atoms with Gasteiger partial charge in [-0.2, -0.15) is 5.26 Å². The number of nitriles is 1. The molecule has 3 aromatic carbocycles. The molecule has 0 radical (unpaired) electrons. The van der Waals surface area contributed by atoms with Gasteiger partial charge in [0.15, 0.2) is 0 Å². The van der Waals surface area contributed by atoms with Crippen molar-refractivity contribution in [1.82, 2.24) is 0 Å². The molecule has 1 amide bonds. The maximum Gasteiger partial charge on any atom is 0.335 e. The van der Waals surface area contributed by atoms with Gasteiger partial charge in [-0.1, -0.05) is 30.3 Å². The first kappa shape index (κ1) is 22.8. The summed E-state index contributed by atoms with van der Waals surface area (Å²) in [5, 5.41) is 29.8. The van der Waals surface area contributed by atoms with Gasteiger partial charge in [0, 0.05) is 5.69 Å². The lowest BCUT2D eigenvalue weighted by atomic mass is 10.1. The first-order valence-electron chi connectivity index (χ1n) is 9.67. The predicted octanol–water partition coefficient (Wildman–Crippen LogP) is 4.21. The van der Waals surface area contributed by atoms with Crippen LogP contribution in [0.3, 0.4) is 0 Å². The number of ether oxygens (including phenoxy) is 1. The zero-order chi connectivity index (χ0) is 23.8. The van der Waals surface area contributed by atoms with Crippen LogP contribution in [-0.4, -0.2) is 28.1 Å². The normalized spacial score (nSPS) is 10.7. The lowest BCUT2D eigenvalue weighted by Gasteiger charge is -2.07. The number of aromatic carboxylic acids is 2. The molecule has 8 heteroatoms. The van der Waals surface area contributed by atoms with Crippen molar-refractivity contribution in [2.75, 3.05) is 5.32 Å². The van der Waals surface area contributed by atoms with E-state index in [4.69, 9.17) is 14.9 Å². The maximum absolute atomic E-state index is 12.4. The van der Waals surface area contributed by atoms with Gasteiger partial charge in [-0.25, -0.2) is 9.59 Å². The lowest BCUT2D eigenvalue weighted by Crippen LogP contribution is -2.13. The Balaban J connectivity index is 1.63. The van der Waals surface area contributed by atoms with E-state index in [0.29, 0.717) is 11.3 Å². The number of nitrogens with zero attached hydrogens (tertiary/aromatic N) is 1. The molecular weight excluding hydrogens is 424 g/mol. The molecule has 3 N–H and O–H groups in total. The van der Waals surface area contributed by atoms with E-state index in [9.17, 15) is 19.6 Å². The molecule has 0 unspecified atom stereocenters. The quantitative estimate of drug-likeness (QED) is 0.351. The fourth-order valence-electron chi connectivity index (χ4n) is 2.81. The zero-order valence-corrected chi connectivity index (χ0v) is 17.2. The molecule has 8 nitrogen and oxygen atoms in total. The zero-order valence-electron chi connectivity index (χ0n) is 17.2. The van der Waals surface area contributed by atoms with Gasteiger partial charge in [0.2, 0.25) is 0 Å². The molecule has 164 valence electrons. The molecule has 0 heterocycles. The molecule has 33 heavy (non-hydrogen) atoms. The number of carboxylic acid groups (broad SMARTS) is 2. The molecule has 0 aliphatic rings. The van der Waals surface area contributed by atoms with Gasteiger partial charge in [0.25, 0.3) is 5.91 Å².